The van der Waals surface area contributed by atoms with E-state index in [1.807, 2.05) is 19.1 Å². The highest BCUT2D eigenvalue weighted by Gasteiger charge is 2.30. The summed E-state index contributed by atoms with van der Waals surface area (Å²) in [5.74, 6) is 0.488. The molecule has 0 radical (unpaired) electrons. The summed E-state index contributed by atoms with van der Waals surface area (Å²) in [5.41, 5.74) is 7.88. The summed E-state index contributed by atoms with van der Waals surface area (Å²) in [5, 5.41) is 0. The molecule has 2 aromatic rings. The number of rotatable bonds is 3. The first-order valence-corrected chi connectivity index (χ1v) is 7.09. The molecule has 94 valence electrons. The summed E-state index contributed by atoms with van der Waals surface area (Å²) in [7, 11) is 0. The molecule has 1 nitrogen and oxygen atoms in total. The maximum Gasteiger partial charge on any atom is 0.132 e. The van der Waals surface area contributed by atoms with Crippen LogP contribution >= 0.6 is 11.3 Å². The number of nitrogens with two attached hydrogens (primary N) is 1. The minimum atomic E-state index is -0.150. The zero-order valence-electron chi connectivity index (χ0n) is 10.3. The molecular formula is C15H16FNS. The maximum atomic E-state index is 13.9. The average Bonchev–Trinajstić information content (AvgIpc) is 3.08. The van der Waals surface area contributed by atoms with Gasteiger partial charge in [0.05, 0.1) is 0 Å². The van der Waals surface area contributed by atoms with Crippen LogP contribution in [0.5, 0.6) is 0 Å². The average molecular weight is 261 g/mol. The van der Waals surface area contributed by atoms with Crippen LogP contribution < -0.4 is 5.73 Å². The normalized spacial score (nSPS) is 16.8. The number of thiophene rings is 1. The molecule has 1 heterocycles. The molecule has 3 rings (SSSR count). The highest BCUT2D eigenvalue weighted by atomic mass is 32.1. The van der Waals surface area contributed by atoms with E-state index in [9.17, 15) is 4.39 Å². The van der Waals surface area contributed by atoms with Crippen molar-refractivity contribution in [1.29, 1.82) is 0 Å². The molecule has 3 heteroatoms. The van der Waals surface area contributed by atoms with Crippen LogP contribution in [0, 0.1) is 18.7 Å². The van der Waals surface area contributed by atoms with Crippen LogP contribution in [0.3, 0.4) is 0 Å². The third kappa shape index (κ3) is 2.08. The first kappa shape index (κ1) is 11.9. The molecule has 1 fully saturated rings. The molecule has 2 N–H and O–H groups in total. The largest absolute Gasteiger partial charge is 0.323 e. The van der Waals surface area contributed by atoms with Crippen molar-refractivity contribution in [1.82, 2.24) is 0 Å². The van der Waals surface area contributed by atoms with E-state index in [2.05, 4.69) is 6.07 Å². The Morgan fingerprint density at radius 3 is 2.72 bits per heavy atom. The second kappa shape index (κ2) is 4.48. The van der Waals surface area contributed by atoms with Gasteiger partial charge in [-0.25, -0.2) is 4.39 Å². The Kier molecular flexibility index (Phi) is 2.96. The van der Waals surface area contributed by atoms with Gasteiger partial charge < -0.3 is 5.73 Å². The van der Waals surface area contributed by atoms with Gasteiger partial charge in [0, 0.05) is 21.4 Å². The molecule has 0 bridgehead atoms. The van der Waals surface area contributed by atoms with E-state index in [4.69, 9.17) is 5.73 Å². The minimum absolute atomic E-state index is 0.135. The van der Waals surface area contributed by atoms with Crippen molar-refractivity contribution in [2.45, 2.75) is 25.8 Å². The van der Waals surface area contributed by atoms with Gasteiger partial charge in [-0.15, -0.1) is 11.3 Å². The van der Waals surface area contributed by atoms with Crippen LogP contribution in [0.15, 0.2) is 30.3 Å². The Hall–Kier alpha value is -1.19. The fourth-order valence-electron chi connectivity index (χ4n) is 2.30. The Labute approximate surface area is 110 Å². The monoisotopic (exact) mass is 261 g/mol. The molecule has 1 saturated carbocycles. The lowest BCUT2D eigenvalue weighted by Crippen LogP contribution is -2.10. The second-order valence-electron chi connectivity index (χ2n) is 5.00. The lowest BCUT2D eigenvalue weighted by atomic mass is 10.1. The third-order valence-corrected chi connectivity index (χ3v) is 4.76. The quantitative estimate of drug-likeness (QED) is 0.877. The zero-order valence-corrected chi connectivity index (χ0v) is 11.1. The summed E-state index contributed by atoms with van der Waals surface area (Å²) in [4.78, 5) is 2.16. The van der Waals surface area contributed by atoms with E-state index in [1.54, 1.807) is 17.4 Å². The molecule has 0 spiro atoms. The number of halogens is 1. The van der Waals surface area contributed by atoms with Gasteiger partial charge >= 0.3 is 0 Å². The van der Waals surface area contributed by atoms with Gasteiger partial charge in [-0.05, 0) is 49.4 Å². The molecular weight excluding hydrogens is 245 g/mol. The Balaban J connectivity index is 1.97. The van der Waals surface area contributed by atoms with Gasteiger partial charge in [0.25, 0.3) is 0 Å². The number of benzene rings is 1. The van der Waals surface area contributed by atoms with Crippen molar-refractivity contribution in [2.24, 2.45) is 11.7 Å². The highest BCUT2D eigenvalue weighted by Crippen LogP contribution is 2.43. The van der Waals surface area contributed by atoms with Gasteiger partial charge in [0.1, 0.15) is 5.82 Å². The predicted molar refractivity (Wildman–Crippen MR) is 74.1 cm³/mol. The summed E-state index contributed by atoms with van der Waals surface area (Å²) in [6.07, 6.45) is 2.46. The van der Waals surface area contributed by atoms with Crippen LogP contribution in [-0.4, -0.2) is 0 Å². The van der Waals surface area contributed by atoms with Crippen molar-refractivity contribution in [3.63, 3.8) is 0 Å². The summed E-state index contributed by atoms with van der Waals surface area (Å²) < 4.78 is 13.9. The molecule has 1 aliphatic rings. The van der Waals surface area contributed by atoms with Crippen molar-refractivity contribution in [3.05, 3.63) is 46.6 Å². The molecule has 1 atom stereocenters. The standard InChI is InChI=1S/C15H16FNS/c1-9-3-2-4-11(16)14(9)12-7-8-13(18-12)15(17)10-5-6-10/h2-4,7-8,10,15H,5-6,17H2,1H3. The Bertz CT molecular complexity index is 551. The lowest BCUT2D eigenvalue weighted by molar-refractivity contribution is 0.630. The van der Waals surface area contributed by atoms with E-state index >= 15 is 0 Å². The summed E-state index contributed by atoms with van der Waals surface area (Å²) in [6.45, 7) is 1.94. The van der Waals surface area contributed by atoms with E-state index in [1.165, 1.54) is 23.8 Å². The minimum Gasteiger partial charge on any atom is -0.323 e. The number of hydrogen-bond acceptors (Lipinski definition) is 2. The molecule has 18 heavy (non-hydrogen) atoms. The van der Waals surface area contributed by atoms with Gasteiger partial charge in [-0.3, -0.25) is 0 Å². The lowest BCUT2D eigenvalue weighted by Gasteiger charge is -2.07. The molecule has 1 unspecified atom stereocenters. The third-order valence-electron chi connectivity index (χ3n) is 3.55. The van der Waals surface area contributed by atoms with E-state index in [0.29, 0.717) is 5.92 Å². The van der Waals surface area contributed by atoms with E-state index < -0.39 is 0 Å². The number of aryl methyl sites for hydroxylation is 1. The van der Waals surface area contributed by atoms with Crippen LogP contribution in [0.2, 0.25) is 0 Å². The van der Waals surface area contributed by atoms with Crippen molar-refractivity contribution in [3.8, 4) is 10.4 Å². The summed E-state index contributed by atoms with van der Waals surface area (Å²) >= 11 is 1.63. The van der Waals surface area contributed by atoms with Gasteiger partial charge in [-0.2, -0.15) is 0 Å². The van der Waals surface area contributed by atoms with Crippen LogP contribution in [0.4, 0.5) is 4.39 Å². The molecule has 0 saturated heterocycles. The molecule has 0 aliphatic heterocycles. The van der Waals surface area contributed by atoms with E-state index in [-0.39, 0.29) is 11.9 Å². The fraction of sp³-hybridized carbons (Fsp3) is 0.333. The molecule has 1 aliphatic carbocycles. The fourth-order valence-corrected chi connectivity index (χ4v) is 3.51. The van der Waals surface area contributed by atoms with Crippen molar-refractivity contribution < 1.29 is 4.39 Å². The Morgan fingerprint density at radius 2 is 2.06 bits per heavy atom. The van der Waals surface area contributed by atoms with Crippen LogP contribution in [0.1, 0.15) is 29.3 Å². The highest BCUT2D eigenvalue weighted by molar-refractivity contribution is 7.15. The van der Waals surface area contributed by atoms with Crippen molar-refractivity contribution >= 4 is 11.3 Å². The summed E-state index contributed by atoms with van der Waals surface area (Å²) in [6, 6.07) is 9.39. The first-order chi connectivity index (χ1) is 8.66. The zero-order chi connectivity index (χ0) is 12.7. The Morgan fingerprint density at radius 1 is 1.28 bits per heavy atom. The maximum absolute atomic E-state index is 13.9. The van der Waals surface area contributed by atoms with E-state index in [0.717, 1.165) is 16.0 Å². The van der Waals surface area contributed by atoms with Crippen LogP contribution in [-0.2, 0) is 0 Å². The molecule has 1 aromatic carbocycles. The van der Waals surface area contributed by atoms with Gasteiger partial charge in [0.15, 0.2) is 0 Å². The smallest absolute Gasteiger partial charge is 0.132 e. The topological polar surface area (TPSA) is 26.0 Å². The van der Waals surface area contributed by atoms with Gasteiger partial charge in [0.2, 0.25) is 0 Å². The molecule has 1 aromatic heterocycles. The second-order valence-corrected chi connectivity index (χ2v) is 6.11. The number of hydrogen-bond donors (Lipinski definition) is 1. The predicted octanol–water partition coefficient (Wildman–Crippen LogP) is 4.27. The van der Waals surface area contributed by atoms with Gasteiger partial charge in [-0.1, -0.05) is 12.1 Å². The SMILES string of the molecule is Cc1cccc(F)c1-c1ccc(C(N)C2CC2)s1. The van der Waals surface area contributed by atoms with Crippen molar-refractivity contribution in [2.75, 3.05) is 0 Å². The van der Waals surface area contributed by atoms with Crippen LogP contribution in [0.25, 0.3) is 10.4 Å². The molecule has 0 amide bonds. The first-order valence-electron chi connectivity index (χ1n) is 6.27.